The number of hydrogen-bond acceptors (Lipinski definition) is 4. The van der Waals surface area contributed by atoms with Crippen LogP contribution in [-0.2, 0) is 0 Å². The van der Waals surface area contributed by atoms with Gasteiger partial charge in [-0.25, -0.2) is 4.98 Å². The largest absolute Gasteiger partial charge is 0.276 e. The molecular weight excluding hydrogens is 354 g/mol. The van der Waals surface area contributed by atoms with Crippen LogP contribution in [0.1, 0.15) is 11.4 Å². The zero-order valence-corrected chi connectivity index (χ0v) is 14.7. The molecule has 0 radical (unpaired) electrons. The molecule has 0 fully saturated rings. The van der Waals surface area contributed by atoms with Gasteiger partial charge in [0.1, 0.15) is 5.82 Å². The van der Waals surface area contributed by atoms with Gasteiger partial charge in [-0.15, -0.1) is 0 Å². The van der Waals surface area contributed by atoms with Crippen molar-refractivity contribution in [2.45, 2.75) is 0 Å². The van der Waals surface area contributed by atoms with Crippen molar-refractivity contribution >= 4 is 28.7 Å². The molecule has 0 N–H and O–H groups in total. The van der Waals surface area contributed by atoms with Crippen molar-refractivity contribution in [1.29, 1.82) is 0 Å². The maximum Gasteiger partial charge on any atom is 0.276 e. The van der Waals surface area contributed by atoms with E-state index in [2.05, 4.69) is 4.98 Å². The molecule has 0 saturated heterocycles. The highest BCUT2D eigenvalue weighted by Crippen LogP contribution is 2.21. The second-order valence-corrected chi connectivity index (χ2v) is 6.11. The van der Waals surface area contributed by atoms with Crippen LogP contribution in [0.15, 0.2) is 83.7 Å². The van der Waals surface area contributed by atoms with Gasteiger partial charge in [-0.05, 0) is 42.5 Å². The molecule has 1 heterocycles. The molecule has 4 aromatic rings. The normalized spacial score (nSPS) is 11.1. The number of benzene rings is 3. The summed E-state index contributed by atoms with van der Waals surface area (Å²) in [4.78, 5) is 28.5. The first-order valence-electron chi connectivity index (χ1n) is 8.64. The third-order valence-electron chi connectivity index (χ3n) is 4.36. The van der Waals surface area contributed by atoms with Crippen molar-refractivity contribution in [1.82, 2.24) is 9.55 Å². The van der Waals surface area contributed by atoms with E-state index in [1.165, 1.54) is 10.6 Å². The van der Waals surface area contributed by atoms with Gasteiger partial charge in [-0.3, -0.25) is 19.5 Å². The van der Waals surface area contributed by atoms with Crippen LogP contribution in [0.3, 0.4) is 0 Å². The molecule has 0 aliphatic rings. The van der Waals surface area contributed by atoms with Gasteiger partial charge in [-0.2, -0.15) is 0 Å². The molecule has 6 nitrogen and oxygen atoms in total. The molecule has 0 bridgehead atoms. The zero-order valence-electron chi connectivity index (χ0n) is 14.7. The van der Waals surface area contributed by atoms with E-state index < -0.39 is 4.92 Å². The van der Waals surface area contributed by atoms with Crippen molar-refractivity contribution in [2.75, 3.05) is 0 Å². The van der Waals surface area contributed by atoms with Gasteiger partial charge in [0.15, 0.2) is 0 Å². The summed E-state index contributed by atoms with van der Waals surface area (Å²) in [7, 11) is 0. The molecule has 0 amide bonds. The lowest BCUT2D eigenvalue weighted by atomic mass is 10.1. The van der Waals surface area contributed by atoms with Gasteiger partial charge in [0.2, 0.25) is 0 Å². The number of rotatable bonds is 4. The number of nitrogens with zero attached hydrogens (tertiary/aromatic N) is 3. The Bertz CT molecular complexity index is 1260. The van der Waals surface area contributed by atoms with Crippen LogP contribution in [0.25, 0.3) is 28.7 Å². The van der Waals surface area contributed by atoms with E-state index in [9.17, 15) is 14.9 Å². The number of hydrogen-bond donors (Lipinski definition) is 0. The van der Waals surface area contributed by atoms with Crippen LogP contribution in [0, 0.1) is 10.1 Å². The van der Waals surface area contributed by atoms with Crippen molar-refractivity contribution in [3.8, 4) is 5.69 Å². The Kier molecular flexibility index (Phi) is 4.51. The third-order valence-corrected chi connectivity index (χ3v) is 4.36. The van der Waals surface area contributed by atoms with Gasteiger partial charge in [0, 0.05) is 6.07 Å². The van der Waals surface area contributed by atoms with E-state index in [1.807, 2.05) is 36.4 Å². The fraction of sp³-hybridized carbons (Fsp3) is 0. The minimum Gasteiger partial charge on any atom is -0.268 e. The summed E-state index contributed by atoms with van der Waals surface area (Å²) in [5.74, 6) is 0.396. The Hall–Kier alpha value is -4.06. The van der Waals surface area contributed by atoms with Crippen LogP contribution in [0.5, 0.6) is 0 Å². The maximum absolute atomic E-state index is 13.1. The van der Waals surface area contributed by atoms with Crippen LogP contribution in [0.2, 0.25) is 0 Å². The Morgan fingerprint density at radius 1 is 0.857 bits per heavy atom. The van der Waals surface area contributed by atoms with Gasteiger partial charge < -0.3 is 0 Å². The molecule has 0 spiro atoms. The van der Waals surface area contributed by atoms with Crippen LogP contribution < -0.4 is 5.56 Å². The van der Waals surface area contributed by atoms with E-state index in [4.69, 9.17) is 0 Å². The fourth-order valence-corrected chi connectivity index (χ4v) is 3.05. The lowest BCUT2D eigenvalue weighted by Crippen LogP contribution is -2.22. The summed E-state index contributed by atoms with van der Waals surface area (Å²) < 4.78 is 1.51. The number of nitro groups is 1. The summed E-state index contributed by atoms with van der Waals surface area (Å²) in [5, 5.41) is 11.8. The van der Waals surface area contributed by atoms with E-state index in [0.29, 0.717) is 28.0 Å². The summed E-state index contributed by atoms with van der Waals surface area (Å²) in [6.45, 7) is 0. The van der Waals surface area contributed by atoms with Crippen molar-refractivity contribution < 1.29 is 4.92 Å². The third kappa shape index (κ3) is 3.19. The monoisotopic (exact) mass is 369 g/mol. The van der Waals surface area contributed by atoms with Crippen LogP contribution in [-0.4, -0.2) is 14.5 Å². The lowest BCUT2D eigenvalue weighted by molar-refractivity contribution is -0.385. The van der Waals surface area contributed by atoms with Gasteiger partial charge >= 0.3 is 0 Å². The predicted octanol–water partition coefficient (Wildman–Crippen LogP) is 4.46. The quantitative estimate of drug-likeness (QED) is 0.393. The SMILES string of the molecule is O=c1c2ccccc2nc(/C=C/c2ccccc2[N+](=O)[O-])n1-c1ccccc1. The fourth-order valence-electron chi connectivity index (χ4n) is 3.05. The van der Waals surface area contributed by atoms with Gasteiger partial charge in [0.25, 0.3) is 11.2 Å². The number of nitro benzene ring substituents is 1. The summed E-state index contributed by atoms with van der Waals surface area (Å²) in [5.41, 5.74) is 1.48. The molecule has 136 valence electrons. The second-order valence-electron chi connectivity index (χ2n) is 6.11. The first kappa shape index (κ1) is 17.4. The van der Waals surface area contributed by atoms with Gasteiger partial charge in [-0.1, -0.05) is 42.5 Å². The summed E-state index contributed by atoms with van der Waals surface area (Å²) in [6.07, 6.45) is 3.23. The summed E-state index contributed by atoms with van der Waals surface area (Å²) >= 11 is 0. The summed E-state index contributed by atoms with van der Waals surface area (Å²) in [6, 6.07) is 22.7. The minimum atomic E-state index is -0.433. The first-order chi connectivity index (χ1) is 13.6. The number of fused-ring (bicyclic) bond motifs is 1. The van der Waals surface area contributed by atoms with E-state index >= 15 is 0 Å². The molecular formula is C22H15N3O3. The van der Waals surface area contributed by atoms with Crippen LogP contribution >= 0.6 is 0 Å². The highest BCUT2D eigenvalue weighted by atomic mass is 16.6. The average Bonchev–Trinajstić information content (AvgIpc) is 2.73. The van der Waals surface area contributed by atoms with E-state index in [0.717, 1.165) is 0 Å². The Morgan fingerprint density at radius 2 is 1.54 bits per heavy atom. The number of aromatic nitrogens is 2. The van der Waals surface area contributed by atoms with Crippen molar-refractivity contribution in [3.63, 3.8) is 0 Å². The molecule has 6 heteroatoms. The maximum atomic E-state index is 13.1. The predicted molar refractivity (Wildman–Crippen MR) is 109 cm³/mol. The molecule has 28 heavy (non-hydrogen) atoms. The highest BCUT2D eigenvalue weighted by molar-refractivity contribution is 5.80. The molecule has 1 aromatic heterocycles. The topological polar surface area (TPSA) is 78.0 Å². The molecule has 0 saturated carbocycles. The molecule has 0 atom stereocenters. The Labute approximate surface area is 160 Å². The standard InChI is InChI=1S/C22H15N3O3/c26-22-18-11-5-6-12-19(18)23-21(24(22)17-9-2-1-3-10-17)15-14-16-8-4-7-13-20(16)25(27)28/h1-15H/b15-14+. The second kappa shape index (κ2) is 7.28. The molecule has 0 unspecified atom stereocenters. The first-order valence-corrected chi connectivity index (χ1v) is 8.64. The minimum absolute atomic E-state index is 0.00635. The Morgan fingerprint density at radius 3 is 2.32 bits per heavy atom. The zero-order chi connectivity index (χ0) is 19.5. The number of para-hydroxylation sites is 3. The smallest absolute Gasteiger partial charge is 0.268 e. The van der Waals surface area contributed by atoms with E-state index in [-0.39, 0.29) is 11.2 Å². The molecule has 3 aromatic carbocycles. The Balaban J connectivity index is 1.94. The van der Waals surface area contributed by atoms with Gasteiger partial charge in [0.05, 0.1) is 27.1 Å². The molecule has 0 aliphatic carbocycles. The molecule has 4 rings (SSSR count). The van der Waals surface area contributed by atoms with Crippen molar-refractivity contribution in [2.24, 2.45) is 0 Å². The lowest BCUT2D eigenvalue weighted by Gasteiger charge is -2.11. The van der Waals surface area contributed by atoms with E-state index in [1.54, 1.807) is 48.6 Å². The average molecular weight is 369 g/mol. The highest BCUT2D eigenvalue weighted by Gasteiger charge is 2.12. The van der Waals surface area contributed by atoms with Crippen LogP contribution in [0.4, 0.5) is 5.69 Å². The van der Waals surface area contributed by atoms with Crippen molar-refractivity contribution in [3.05, 3.63) is 111 Å². The molecule has 0 aliphatic heterocycles.